The molecular weight excluding hydrogens is 222 g/mol. The van der Waals surface area contributed by atoms with Crippen molar-refractivity contribution in [3.05, 3.63) is 35.4 Å². The Labute approximate surface area is 110 Å². The summed E-state index contributed by atoms with van der Waals surface area (Å²) >= 11 is 0. The molecule has 2 unspecified atom stereocenters. The molecule has 3 rings (SSSR count). The summed E-state index contributed by atoms with van der Waals surface area (Å²) in [5.41, 5.74) is 1.91. The molecule has 1 aromatic carbocycles. The lowest BCUT2D eigenvalue weighted by molar-refractivity contribution is 0.00937. The number of benzene rings is 1. The highest BCUT2D eigenvalue weighted by Crippen LogP contribution is 2.42. The molecule has 18 heavy (non-hydrogen) atoms. The van der Waals surface area contributed by atoms with E-state index in [4.69, 9.17) is 0 Å². The number of hydrogen-bond donors (Lipinski definition) is 1. The summed E-state index contributed by atoms with van der Waals surface area (Å²) in [6.07, 6.45) is 5.59. The Bertz CT molecular complexity index is 414. The number of hydrogen-bond acceptors (Lipinski definition) is 2. The molecule has 2 heterocycles. The molecule has 0 aliphatic carbocycles. The Morgan fingerprint density at radius 3 is 2.78 bits per heavy atom. The lowest BCUT2D eigenvalue weighted by atomic mass is 9.85. The molecule has 98 valence electrons. The van der Waals surface area contributed by atoms with Gasteiger partial charge in [0, 0.05) is 12.6 Å². The van der Waals surface area contributed by atoms with Gasteiger partial charge in [-0.2, -0.15) is 0 Å². The zero-order valence-corrected chi connectivity index (χ0v) is 11.2. The van der Waals surface area contributed by atoms with Gasteiger partial charge in [-0.05, 0) is 43.4 Å². The van der Waals surface area contributed by atoms with Gasteiger partial charge in [0.2, 0.25) is 0 Å². The molecule has 0 saturated carbocycles. The highest BCUT2D eigenvalue weighted by atomic mass is 16.3. The first kappa shape index (κ1) is 12.2. The van der Waals surface area contributed by atoms with Gasteiger partial charge >= 0.3 is 0 Å². The number of rotatable bonds is 3. The van der Waals surface area contributed by atoms with E-state index in [9.17, 15) is 5.11 Å². The second-order valence-electron chi connectivity index (χ2n) is 5.82. The smallest absolute Gasteiger partial charge is 0.106 e. The molecule has 2 saturated heterocycles. The van der Waals surface area contributed by atoms with Crippen LogP contribution < -0.4 is 0 Å². The van der Waals surface area contributed by atoms with E-state index in [1.54, 1.807) is 0 Å². The molecule has 1 N–H and O–H groups in total. The molecule has 2 aliphatic heterocycles. The average Bonchev–Trinajstić information content (AvgIpc) is 2.96. The Hall–Kier alpha value is -0.860. The van der Waals surface area contributed by atoms with E-state index < -0.39 is 5.60 Å². The summed E-state index contributed by atoms with van der Waals surface area (Å²) in [7, 11) is 0. The van der Waals surface area contributed by atoms with Crippen LogP contribution in [0.15, 0.2) is 24.3 Å². The third-order valence-corrected chi connectivity index (χ3v) is 4.69. The van der Waals surface area contributed by atoms with E-state index in [-0.39, 0.29) is 0 Å². The van der Waals surface area contributed by atoms with Crippen molar-refractivity contribution in [2.75, 3.05) is 13.1 Å². The maximum absolute atomic E-state index is 11.0. The van der Waals surface area contributed by atoms with Crippen LogP contribution in [0.25, 0.3) is 0 Å². The van der Waals surface area contributed by atoms with E-state index in [1.165, 1.54) is 24.9 Å². The quantitative estimate of drug-likeness (QED) is 0.885. The number of fused-ring (bicyclic) bond motifs is 1. The van der Waals surface area contributed by atoms with Crippen LogP contribution in [0.2, 0.25) is 0 Å². The maximum Gasteiger partial charge on any atom is 0.106 e. The maximum atomic E-state index is 11.0. The van der Waals surface area contributed by atoms with Gasteiger partial charge in [0.1, 0.15) is 5.60 Å². The van der Waals surface area contributed by atoms with Crippen molar-refractivity contribution in [3.63, 3.8) is 0 Å². The molecule has 0 bridgehead atoms. The number of nitrogens with zero attached hydrogens (tertiary/aromatic N) is 1. The second kappa shape index (κ2) is 4.67. The van der Waals surface area contributed by atoms with Crippen molar-refractivity contribution < 1.29 is 5.11 Å². The van der Waals surface area contributed by atoms with E-state index in [2.05, 4.69) is 36.1 Å². The van der Waals surface area contributed by atoms with Gasteiger partial charge in [0.05, 0.1) is 0 Å². The van der Waals surface area contributed by atoms with E-state index in [0.29, 0.717) is 6.04 Å². The highest BCUT2D eigenvalue weighted by molar-refractivity contribution is 5.30. The zero-order chi connectivity index (χ0) is 12.6. The van der Waals surface area contributed by atoms with Crippen LogP contribution in [-0.2, 0) is 12.0 Å². The highest BCUT2D eigenvalue weighted by Gasteiger charge is 2.48. The summed E-state index contributed by atoms with van der Waals surface area (Å²) in [5.74, 6) is 0. The fraction of sp³-hybridized carbons (Fsp3) is 0.625. The molecular formula is C16H23NO. The fourth-order valence-electron chi connectivity index (χ4n) is 3.70. The SMILES string of the molecule is CCCc1ccc(C2(O)CCN3CCCC32)cc1. The number of aryl methyl sites for hydroxylation is 1. The molecule has 1 aromatic rings. The Morgan fingerprint density at radius 1 is 1.28 bits per heavy atom. The van der Waals surface area contributed by atoms with Crippen LogP contribution in [0.1, 0.15) is 43.7 Å². The van der Waals surface area contributed by atoms with Crippen molar-refractivity contribution in [2.45, 2.75) is 50.7 Å². The van der Waals surface area contributed by atoms with Crippen LogP contribution >= 0.6 is 0 Å². The predicted octanol–water partition coefficient (Wildman–Crippen LogP) is 2.69. The first-order valence-electron chi connectivity index (χ1n) is 7.30. The van der Waals surface area contributed by atoms with Crippen molar-refractivity contribution in [1.29, 1.82) is 0 Å². The van der Waals surface area contributed by atoms with Crippen LogP contribution in [0.4, 0.5) is 0 Å². The topological polar surface area (TPSA) is 23.5 Å². The fourth-order valence-corrected chi connectivity index (χ4v) is 3.70. The second-order valence-corrected chi connectivity index (χ2v) is 5.82. The minimum atomic E-state index is -0.596. The molecule has 0 aromatic heterocycles. The minimum absolute atomic E-state index is 0.356. The van der Waals surface area contributed by atoms with Crippen molar-refractivity contribution in [2.24, 2.45) is 0 Å². The van der Waals surface area contributed by atoms with E-state index in [1.807, 2.05) is 0 Å². The average molecular weight is 245 g/mol. The van der Waals surface area contributed by atoms with Gasteiger partial charge in [-0.3, -0.25) is 4.90 Å². The van der Waals surface area contributed by atoms with Gasteiger partial charge in [0.25, 0.3) is 0 Å². The third-order valence-electron chi connectivity index (χ3n) is 4.69. The van der Waals surface area contributed by atoms with E-state index in [0.717, 1.165) is 31.4 Å². The summed E-state index contributed by atoms with van der Waals surface area (Å²) < 4.78 is 0. The lowest BCUT2D eigenvalue weighted by Gasteiger charge is -2.30. The van der Waals surface area contributed by atoms with Gasteiger partial charge in [-0.1, -0.05) is 37.6 Å². The molecule has 2 fully saturated rings. The van der Waals surface area contributed by atoms with E-state index >= 15 is 0 Å². The predicted molar refractivity (Wildman–Crippen MR) is 73.5 cm³/mol. The number of aliphatic hydroxyl groups is 1. The Morgan fingerprint density at radius 2 is 2.06 bits per heavy atom. The first-order chi connectivity index (χ1) is 8.74. The van der Waals surface area contributed by atoms with Crippen LogP contribution in [0, 0.1) is 0 Å². The van der Waals surface area contributed by atoms with Crippen LogP contribution in [-0.4, -0.2) is 29.1 Å². The summed E-state index contributed by atoms with van der Waals surface area (Å²) in [4.78, 5) is 2.46. The first-order valence-corrected chi connectivity index (χ1v) is 7.30. The van der Waals surface area contributed by atoms with Crippen molar-refractivity contribution >= 4 is 0 Å². The Balaban J connectivity index is 1.85. The van der Waals surface area contributed by atoms with Crippen molar-refractivity contribution in [3.8, 4) is 0 Å². The zero-order valence-electron chi connectivity index (χ0n) is 11.2. The lowest BCUT2D eigenvalue weighted by Crippen LogP contribution is -2.38. The standard InChI is InChI=1S/C16H23NO/c1-2-4-13-6-8-14(9-7-13)16(18)10-12-17-11-3-5-15(16)17/h6-9,15,18H,2-5,10-12H2,1H3. The summed E-state index contributed by atoms with van der Waals surface area (Å²) in [6, 6.07) is 9.03. The van der Waals surface area contributed by atoms with Crippen LogP contribution in [0.3, 0.4) is 0 Å². The largest absolute Gasteiger partial charge is 0.383 e. The molecule has 2 atom stereocenters. The summed E-state index contributed by atoms with van der Waals surface area (Å²) in [5, 5.41) is 11.0. The monoisotopic (exact) mass is 245 g/mol. The summed E-state index contributed by atoms with van der Waals surface area (Å²) in [6.45, 7) is 4.42. The molecule has 2 aliphatic rings. The molecule has 0 amide bonds. The minimum Gasteiger partial charge on any atom is -0.383 e. The van der Waals surface area contributed by atoms with Gasteiger partial charge < -0.3 is 5.11 Å². The van der Waals surface area contributed by atoms with Gasteiger partial charge in [-0.15, -0.1) is 0 Å². The third kappa shape index (κ3) is 1.88. The van der Waals surface area contributed by atoms with Crippen LogP contribution in [0.5, 0.6) is 0 Å². The molecule has 0 radical (unpaired) electrons. The van der Waals surface area contributed by atoms with Gasteiger partial charge in [-0.25, -0.2) is 0 Å². The van der Waals surface area contributed by atoms with Crippen molar-refractivity contribution in [1.82, 2.24) is 4.90 Å². The molecule has 0 spiro atoms. The Kier molecular flexibility index (Phi) is 3.16. The molecule has 2 nitrogen and oxygen atoms in total. The molecule has 2 heteroatoms. The normalized spacial score (nSPS) is 31.8. The van der Waals surface area contributed by atoms with Gasteiger partial charge in [0.15, 0.2) is 0 Å².